The molecule has 1 saturated carbocycles. The van der Waals surface area contributed by atoms with Crippen molar-refractivity contribution in [3.05, 3.63) is 0 Å². The summed E-state index contributed by atoms with van der Waals surface area (Å²) in [4.78, 5) is 25.5. The van der Waals surface area contributed by atoms with Crippen LogP contribution in [0.1, 0.15) is 60.3 Å². The van der Waals surface area contributed by atoms with E-state index in [1.807, 2.05) is 20.8 Å². The first-order valence-electron chi connectivity index (χ1n) is 8.69. The summed E-state index contributed by atoms with van der Waals surface area (Å²) in [5, 5.41) is 9.57. The molecule has 1 amide bonds. The highest BCUT2D eigenvalue weighted by atomic mass is 16.6. The van der Waals surface area contributed by atoms with Gasteiger partial charge >= 0.3 is 12.1 Å². The summed E-state index contributed by atoms with van der Waals surface area (Å²) in [5.74, 6) is -0.799. The first-order valence-corrected chi connectivity index (χ1v) is 8.69. The van der Waals surface area contributed by atoms with Gasteiger partial charge in [-0.15, -0.1) is 0 Å². The van der Waals surface area contributed by atoms with Gasteiger partial charge < -0.3 is 14.7 Å². The Balaban J connectivity index is 2.04. The molecule has 5 heteroatoms. The fourth-order valence-corrected chi connectivity index (χ4v) is 3.89. The molecule has 2 unspecified atom stereocenters. The van der Waals surface area contributed by atoms with E-state index in [4.69, 9.17) is 4.74 Å². The maximum absolute atomic E-state index is 12.3. The lowest BCUT2D eigenvalue weighted by Gasteiger charge is -2.37. The molecular weight excluding hydrogens is 294 g/mol. The minimum Gasteiger partial charge on any atom is -0.481 e. The summed E-state index contributed by atoms with van der Waals surface area (Å²) < 4.78 is 5.41. The van der Waals surface area contributed by atoms with E-state index in [9.17, 15) is 14.7 Å². The van der Waals surface area contributed by atoms with Crippen LogP contribution in [-0.4, -0.2) is 40.8 Å². The van der Waals surface area contributed by atoms with Crippen LogP contribution in [0, 0.1) is 23.2 Å². The molecule has 2 aliphatic rings. The van der Waals surface area contributed by atoms with Crippen molar-refractivity contribution in [1.29, 1.82) is 0 Å². The van der Waals surface area contributed by atoms with Crippen LogP contribution in [0.3, 0.4) is 0 Å². The van der Waals surface area contributed by atoms with Crippen molar-refractivity contribution in [3.8, 4) is 0 Å². The number of carboxylic acids is 1. The second kappa shape index (κ2) is 6.33. The van der Waals surface area contributed by atoms with Gasteiger partial charge in [-0.1, -0.05) is 13.8 Å². The Bertz CT molecular complexity index is 456. The molecule has 0 bridgehead atoms. The molecule has 0 aromatic carbocycles. The Morgan fingerprint density at radius 2 is 1.70 bits per heavy atom. The van der Waals surface area contributed by atoms with E-state index >= 15 is 0 Å². The third kappa shape index (κ3) is 4.61. The molecule has 1 saturated heterocycles. The largest absolute Gasteiger partial charge is 0.481 e. The number of carboxylic acid groups (broad SMARTS) is 1. The van der Waals surface area contributed by atoms with E-state index in [1.54, 1.807) is 4.90 Å². The molecular formula is C18H31NO4. The molecule has 0 aromatic rings. The summed E-state index contributed by atoms with van der Waals surface area (Å²) >= 11 is 0. The van der Waals surface area contributed by atoms with Gasteiger partial charge in [-0.05, 0) is 63.7 Å². The van der Waals surface area contributed by atoms with Gasteiger partial charge in [0.2, 0.25) is 0 Å². The fraction of sp³-hybridized carbons (Fsp3) is 0.889. The van der Waals surface area contributed by atoms with Gasteiger partial charge in [0.15, 0.2) is 0 Å². The topological polar surface area (TPSA) is 66.8 Å². The quantitative estimate of drug-likeness (QED) is 0.839. The van der Waals surface area contributed by atoms with Crippen LogP contribution >= 0.6 is 0 Å². The Morgan fingerprint density at radius 3 is 2.17 bits per heavy atom. The van der Waals surface area contributed by atoms with Gasteiger partial charge in [-0.3, -0.25) is 4.79 Å². The maximum Gasteiger partial charge on any atom is 0.410 e. The van der Waals surface area contributed by atoms with Crippen LogP contribution in [0.4, 0.5) is 4.79 Å². The van der Waals surface area contributed by atoms with Gasteiger partial charge in [-0.2, -0.15) is 0 Å². The highest BCUT2D eigenvalue weighted by molar-refractivity contribution is 5.74. The monoisotopic (exact) mass is 325 g/mol. The second-order valence-electron chi connectivity index (χ2n) is 9.00. The number of carbonyl (C=O) groups is 2. The predicted molar refractivity (Wildman–Crippen MR) is 88.2 cm³/mol. The highest BCUT2D eigenvalue weighted by Crippen LogP contribution is 2.44. The van der Waals surface area contributed by atoms with Crippen LogP contribution in [0.15, 0.2) is 0 Å². The lowest BCUT2D eigenvalue weighted by Crippen LogP contribution is -2.36. The maximum atomic E-state index is 12.3. The first-order chi connectivity index (χ1) is 10.5. The molecule has 1 aliphatic carbocycles. The number of aliphatic carboxylic acids is 1. The number of nitrogens with zero attached hydrogens (tertiary/aromatic N) is 1. The predicted octanol–water partition coefficient (Wildman–Crippen LogP) is 3.77. The molecule has 1 aliphatic heterocycles. The highest BCUT2D eigenvalue weighted by Gasteiger charge is 2.45. The zero-order chi connectivity index (χ0) is 17.4. The number of amides is 1. The summed E-state index contributed by atoms with van der Waals surface area (Å²) in [5.41, 5.74) is -0.193. The Hall–Kier alpha value is -1.26. The van der Waals surface area contributed by atoms with Crippen LogP contribution in [0.2, 0.25) is 0 Å². The fourth-order valence-electron chi connectivity index (χ4n) is 3.89. The number of carbonyl (C=O) groups excluding carboxylic acids is 1. The van der Waals surface area contributed by atoms with E-state index in [1.165, 1.54) is 0 Å². The van der Waals surface area contributed by atoms with Gasteiger partial charge in [0.25, 0.3) is 0 Å². The van der Waals surface area contributed by atoms with E-state index in [0.717, 1.165) is 25.7 Å². The van der Waals surface area contributed by atoms with E-state index < -0.39 is 17.5 Å². The molecule has 23 heavy (non-hydrogen) atoms. The van der Waals surface area contributed by atoms with Gasteiger partial charge in [0, 0.05) is 13.1 Å². The SMILES string of the molecule is CC1(C)CCC(C2CN(C(=O)OC(C)(C)C)CC2C(=O)O)CC1. The normalized spacial score (nSPS) is 28.7. The van der Waals surface area contributed by atoms with Crippen molar-refractivity contribution in [3.63, 3.8) is 0 Å². The molecule has 1 heterocycles. The molecule has 5 nitrogen and oxygen atoms in total. The Morgan fingerprint density at radius 1 is 1.13 bits per heavy atom. The van der Waals surface area contributed by atoms with Crippen molar-refractivity contribution in [1.82, 2.24) is 4.90 Å². The van der Waals surface area contributed by atoms with Crippen molar-refractivity contribution >= 4 is 12.1 Å². The summed E-state index contributed by atoms with van der Waals surface area (Å²) in [6.45, 7) is 10.8. The van der Waals surface area contributed by atoms with Gasteiger partial charge in [-0.25, -0.2) is 4.79 Å². The lowest BCUT2D eigenvalue weighted by atomic mass is 9.67. The zero-order valence-electron chi connectivity index (χ0n) is 15.1. The minimum atomic E-state index is -0.786. The molecule has 0 spiro atoms. The smallest absolute Gasteiger partial charge is 0.410 e. The van der Waals surface area contributed by atoms with Crippen molar-refractivity contribution < 1.29 is 19.4 Å². The Labute approximate surface area is 139 Å². The molecule has 0 aromatic heterocycles. The standard InChI is InChI=1S/C18H31NO4/c1-17(2,3)23-16(22)19-10-13(14(11-19)15(20)21)12-6-8-18(4,5)9-7-12/h12-14H,6-11H2,1-5H3,(H,20,21). The third-order valence-corrected chi connectivity index (χ3v) is 5.32. The lowest BCUT2D eigenvalue weighted by molar-refractivity contribution is -0.143. The molecule has 1 N–H and O–H groups in total. The van der Waals surface area contributed by atoms with Crippen molar-refractivity contribution in [2.24, 2.45) is 23.2 Å². The van der Waals surface area contributed by atoms with E-state index in [0.29, 0.717) is 17.9 Å². The van der Waals surface area contributed by atoms with Crippen molar-refractivity contribution in [2.75, 3.05) is 13.1 Å². The van der Waals surface area contributed by atoms with Crippen LogP contribution in [0.5, 0.6) is 0 Å². The van der Waals surface area contributed by atoms with E-state index in [-0.39, 0.29) is 18.6 Å². The average molecular weight is 325 g/mol. The Kier molecular flexibility index (Phi) is 4.97. The van der Waals surface area contributed by atoms with Gasteiger partial charge in [0.1, 0.15) is 5.60 Å². The number of rotatable bonds is 2. The number of hydrogen-bond acceptors (Lipinski definition) is 3. The second-order valence-corrected chi connectivity index (χ2v) is 9.00. The molecule has 2 rings (SSSR count). The first kappa shape index (κ1) is 18.1. The summed E-state index contributed by atoms with van der Waals surface area (Å²) in [7, 11) is 0. The van der Waals surface area contributed by atoms with Gasteiger partial charge in [0.05, 0.1) is 5.92 Å². The number of hydrogen-bond donors (Lipinski definition) is 1. The summed E-state index contributed by atoms with van der Waals surface area (Å²) in [6, 6.07) is 0. The van der Waals surface area contributed by atoms with Crippen LogP contribution < -0.4 is 0 Å². The van der Waals surface area contributed by atoms with Crippen LogP contribution in [0.25, 0.3) is 0 Å². The molecule has 2 fully saturated rings. The average Bonchev–Trinajstić information content (AvgIpc) is 2.82. The van der Waals surface area contributed by atoms with Crippen LogP contribution in [-0.2, 0) is 9.53 Å². The third-order valence-electron chi connectivity index (χ3n) is 5.32. The summed E-state index contributed by atoms with van der Waals surface area (Å²) in [6.07, 6.45) is 4.00. The molecule has 132 valence electrons. The minimum absolute atomic E-state index is 0.0520. The van der Waals surface area contributed by atoms with Crippen molar-refractivity contribution in [2.45, 2.75) is 65.9 Å². The zero-order valence-corrected chi connectivity index (χ0v) is 15.1. The number of ether oxygens (including phenoxy) is 1. The number of likely N-dealkylation sites (tertiary alicyclic amines) is 1. The van der Waals surface area contributed by atoms with E-state index in [2.05, 4.69) is 13.8 Å². The molecule has 2 atom stereocenters. The molecule has 0 radical (unpaired) electrons.